The second-order valence-electron chi connectivity index (χ2n) is 5.76. The Bertz CT molecular complexity index is 288. The molecular formula is C13H25N3O2. The van der Waals surface area contributed by atoms with Gasteiger partial charge in [-0.15, -0.1) is 0 Å². The molecule has 5 nitrogen and oxygen atoms in total. The lowest BCUT2D eigenvalue weighted by atomic mass is 10.0. The first-order valence-corrected chi connectivity index (χ1v) is 7.02. The van der Waals surface area contributed by atoms with Crippen molar-refractivity contribution in [3.05, 3.63) is 0 Å². The average Bonchev–Trinajstić information content (AvgIpc) is 2.76. The van der Waals surface area contributed by atoms with Gasteiger partial charge in [-0.2, -0.15) is 0 Å². The molecule has 0 spiro atoms. The van der Waals surface area contributed by atoms with E-state index in [1.165, 1.54) is 0 Å². The Balaban J connectivity index is 1.73. The van der Waals surface area contributed by atoms with Crippen LogP contribution in [-0.4, -0.2) is 59.8 Å². The highest BCUT2D eigenvalue weighted by Gasteiger charge is 2.30. The van der Waals surface area contributed by atoms with E-state index >= 15 is 0 Å². The highest BCUT2D eigenvalue weighted by molar-refractivity contribution is 5.82. The molecule has 3 N–H and O–H groups in total. The molecule has 2 heterocycles. The number of aliphatic hydroxyl groups is 1. The van der Waals surface area contributed by atoms with Crippen molar-refractivity contribution in [2.75, 3.05) is 19.6 Å². The number of hydrogen-bond acceptors (Lipinski definition) is 4. The van der Waals surface area contributed by atoms with Gasteiger partial charge in [-0.25, -0.2) is 0 Å². The molecule has 0 aliphatic carbocycles. The highest BCUT2D eigenvalue weighted by atomic mass is 16.3. The smallest absolute Gasteiger partial charge is 0.237 e. The number of carbonyl (C=O) groups excluding carboxylic acids is 1. The Morgan fingerprint density at radius 3 is 2.56 bits per heavy atom. The van der Waals surface area contributed by atoms with Crippen LogP contribution >= 0.6 is 0 Å². The highest BCUT2D eigenvalue weighted by Crippen LogP contribution is 2.14. The molecule has 18 heavy (non-hydrogen) atoms. The number of amides is 1. The Labute approximate surface area is 109 Å². The van der Waals surface area contributed by atoms with E-state index in [1.807, 2.05) is 0 Å². The standard InChI is InChI=1S/C13H25N3O2/c1-9(2)16-5-3-10(4-6-16)15-13(18)12-7-11(17)8-14-12/h9-12,14,17H,3-8H2,1-2H3,(H,15,18). The van der Waals surface area contributed by atoms with Crippen molar-refractivity contribution in [3.8, 4) is 0 Å². The summed E-state index contributed by atoms with van der Waals surface area (Å²) in [4.78, 5) is 14.4. The second-order valence-corrected chi connectivity index (χ2v) is 5.76. The van der Waals surface area contributed by atoms with Gasteiger partial charge in [0.2, 0.25) is 5.91 Å². The van der Waals surface area contributed by atoms with Crippen LogP contribution in [0.5, 0.6) is 0 Å². The van der Waals surface area contributed by atoms with Gasteiger partial charge in [0.25, 0.3) is 0 Å². The number of piperidine rings is 1. The van der Waals surface area contributed by atoms with Gasteiger partial charge in [-0.3, -0.25) is 4.79 Å². The maximum Gasteiger partial charge on any atom is 0.237 e. The summed E-state index contributed by atoms with van der Waals surface area (Å²) in [5.74, 6) is 0.0505. The number of rotatable bonds is 3. The molecule has 2 fully saturated rings. The number of aliphatic hydroxyl groups excluding tert-OH is 1. The minimum absolute atomic E-state index is 0.0505. The van der Waals surface area contributed by atoms with E-state index in [-0.39, 0.29) is 18.1 Å². The fourth-order valence-electron chi connectivity index (χ4n) is 2.78. The number of hydrogen-bond donors (Lipinski definition) is 3. The molecule has 0 aromatic rings. The Morgan fingerprint density at radius 2 is 2.06 bits per heavy atom. The number of β-amino-alcohol motifs (C(OH)–C–C–N with tert-alkyl or cyclic N) is 1. The van der Waals surface area contributed by atoms with Crippen molar-refractivity contribution in [1.82, 2.24) is 15.5 Å². The largest absolute Gasteiger partial charge is 0.392 e. The van der Waals surface area contributed by atoms with Crippen LogP contribution in [0.25, 0.3) is 0 Å². The number of nitrogens with one attached hydrogen (secondary N) is 2. The van der Waals surface area contributed by atoms with Crippen LogP contribution in [0.4, 0.5) is 0 Å². The molecule has 2 aliphatic heterocycles. The van der Waals surface area contributed by atoms with Crippen LogP contribution in [-0.2, 0) is 4.79 Å². The van der Waals surface area contributed by atoms with Crippen molar-refractivity contribution in [2.45, 2.75) is 57.3 Å². The predicted octanol–water partition coefficient (Wildman–Crippen LogP) is -0.302. The first kappa shape index (κ1) is 13.8. The Morgan fingerprint density at radius 1 is 1.39 bits per heavy atom. The third kappa shape index (κ3) is 3.43. The van der Waals surface area contributed by atoms with Crippen molar-refractivity contribution < 1.29 is 9.90 Å². The maximum atomic E-state index is 12.0. The zero-order chi connectivity index (χ0) is 13.1. The van der Waals surface area contributed by atoms with E-state index in [9.17, 15) is 9.90 Å². The van der Waals surface area contributed by atoms with Crippen LogP contribution < -0.4 is 10.6 Å². The molecule has 0 saturated carbocycles. The molecule has 2 aliphatic rings. The molecule has 0 bridgehead atoms. The van der Waals surface area contributed by atoms with E-state index in [4.69, 9.17) is 0 Å². The Hall–Kier alpha value is -0.650. The van der Waals surface area contributed by atoms with Gasteiger partial charge in [-0.1, -0.05) is 0 Å². The van der Waals surface area contributed by atoms with Gasteiger partial charge >= 0.3 is 0 Å². The summed E-state index contributed by atoms with van der Waals surface area (Å²) in [6.45, 7) is 7.07. The lowest BCUT2D eigenvalue weighted by Crippen LogP contribution is -2.50. The fraction of sp³-hybridized carbons (Fsp3) is 0.923. The lowest BCUT2D eigenvalue weighted by molar-refractivity contribution is -0.124. The van der Waals surface area contributed by atoms with Crippen LogP contribution in [0.3, 0.4) is 0 Å². The summed E-state index contributed by atoms with van der Waals surface area (Å²) in [6.07, 6.45) is 2.22. The normalized spacial score (nSPS) is 30.9. The number of carbonyl (C=O) groups is 1. The summed E-state index contributed by atoms with van der Waals surface area (Å²) in [7, 11) is 0. The second kappa shape index (κ2) is 5.99. The monoisotopic (exact) mass is 255 g/mol. The molecule has 0 radical (unpaired) electrons. The first-order valence-electron chi connectivity index (χ1n) is 7.02. The van der Waals surface area contributed by atoms with Gasteiger partial charge < -0.3 is 20.6 Å². The number of likely N-dealkylation sites (tertiary alicyclic amines) is 1. The van der Waals surface area contributed by atoms with E-state index in [1.54, 1.807) is 0 Å². The summed E-state index contributed by atoms with van der Waals surface area (Å²) < 4.78 is 0. The van der Waals surface area contributed by atoms with Crippen molar-refractivity contribution in [1.29, 1.82) is 0 Å². The molecule has 104 valence electrons. The quantitative estimate of drug-likeness (QED) is 0.648. The fourth-order valence-corrected chi connectivity index (χ4v) is 2.78. The third-order valence-corrected chi connectivity index (χ3v) is 4.03. The van der Waals surface area contributed by atoms with Gasteiger partial charge in [0.1, 0.15) is 0 Å². The molecule has 1 amide bonds. The van der Waals surface area contributed by atoms with Crippen LogP contribution in [0.15, 0.2) is 0 Å². The van der Waals surface area contributed by atoms with E-state index < -0.39 is 0 Å². The van der Waals surface area contributed by atoms with Crippen molar-refractivity contribution in [2.24, 2.45) is 0 Å². The predicted molar refractivity (Wildman–Crippen MR) is 70.3 cm³/mol. The summed E-state index contributed by atoms with van der Waals surface area (Å²) in [6, 6.07) is 0.684. The van der Waals surface area contributed by atoms with Crippen LogP contribution in [0.1, 0.15) is 33.1 Å². The van der Waals surface area contributed by atoms with Gasteiger partial charge in [-0.05, 0) is 33.1 Å². The van der Waals surface area contributed by atoms with Gasteiger partial charge in [0, 0.05) is 31.7 Å². The molecule has 2 saturated heterocycles. The zero-order valence-corrected chi connectivity index (χ0v) is 11.4. The zero-order valence-electron chi connectivity index (χ0n) is 11.4. The molecule has 5 heteroatoms. The van der Waals surface area contributed by atoms with E-state index in [0.717, 1.165) is 25.9 Å². The topological polar surface area (TPSA) is 64.6 Å². The molecule has 0 aromatic heterocycles. The molecule has 2 atom stereocenters. The van der Waals surface area contributed by atoms with Gasteiger partial charge in [0.15, 0.2) is 0 Å². The third-order valence-electron chi connectivity index (χ3n) is 4.03. The van der Waals surface area contributed by atoms with Crippen LogP contribution in [0.2, 0.25) is 0 Å². The molecular weight excluding hydrogens is 230 g/mol. The van der Waals surface area contributed by atoms with Gasteiger partial charge in [0.05, 0.1) is 12.1 Å². The SMILES string of the molecule is CC(C)N1CCC(NC(=O)C2CC(O)CN2)CC1. The molecule has 2 unspecified atom stereocenters. The van der Waals surface area contributed by atoms with E-state index in [0.29, 0.717) is 25.0 Å². The first-order chi connectivity index (χ1) is 8.56. The molecule has 0 aromatic carbocycles. The van der Waals surface area contributed by atoms with Crippen molar-refractivity contribution >= 4 is 5.91 Å². The summed E-state index contributed by atoms with van der Waals surface area (Å²) in [5.41, 5.74) is 0. The molecule has 2 rings (SSSR count). The summed E-state index contributed by atoms with van der Waals surface area (Å²) in [5, 5.41) is 15.6. The maximum absolute atomic E-state index is 12.0. The lowest BCUT2D eigenvalue weighted by Gasteiger charge is -2.35. The van der Waals surface area contributed by atoms with Crippen molar-refractivity contribution in [3.63, 3.8) is 0 Å². The Kier molecular flexibility index (Phi) is 4.59. The van der Waals surface area contributed by atoms with E-state index in [2.05, 4.69) is 29.4 Å². The summed E-state index contributed by atoms with van der Waals surface area (Å²) >= 11 is 0. The number of nitrogens with zero attached hydrogens (tertiary/aromatic N) is 1. The average molecular weight is 255 g/mol. The minimum atomic E-state index is -0.372. The minimum Gasteiger partial charge on any atom is -0.392 e. The van der Waals surface area contributed by atoms with Crippen LogP contribution in [0, 0.1) is 0 Å².